The van der Waals surface area contributed by atoms with Crippen molar-refractivity contribution in [1.82, 2.24) is 9.29 Å². The molecular weight excluding hydrogens is 268 g/mol. The molecule has 1 aliphatic heterocycles. The number of sulfonamides is 1. The summed E-state index contributed by atoms with van der Waals surface area (Å²) in [7, 11) is -3.39. The highest BCUT2D eigenvalue weighted by Gasteiger charge is 2.26. The molecule has 1 fully saturated rings. The molecule has 1 saturated heterocycles. The highest BCUT2D eigenvalue weighted by Crippen LogP contribution is 2.21. The third kappa shape index (κ3) is 2.51. The van der Waals surface area contributed by atoms with Gasteiger partial charge in [0.2, 0.25) is 10.0 Å². The van der Waals surface area contributed by atoms with Crippen LogP contribution in [0.4, 0.5) is 0 Å². The maximum atomic E-state index is 12.2. The summed E-state index contributed by atoms with van der Waals surface area (Å²) in [5, 5.41) is 0.201. The standard InChI is InChI=1S/C9H11ClN2O2S2/c10-9-7-8(1-2-11-9)16(13,14)12-3-5-15-6-4-12/h1-2,7H,3-6H2. The first-order valence-corrected chi connectivity index (χ1v) is 7.77. The minimum Gasteiger partial charge on any atom is -0.244 e. The molecule has 0 N–H and O–H groups in total. The molecule has 0 unspecified atom stereocenters. The van der Waals surface area contributed by atoms with Crippen molar-refractivity contribution in [3.05, 3.63) is 23.5 Å². The molecule has 16 heavy (non-hydrogen) atoms. The first kappa shape index (κ1) is 12.2. The van der Waals surface area contributed by atoms with Gasteiger partial charge in [0.05, 0.1) is 4.90 Å². The van der Waals surface area contributed by atoms with Gasteiger partial charge in [-0.3, -0.25) is 0 Å². The van der Waals surface area contributed by atoms with Crippen molar-refractivity contribution in [2.75, 3.05) is 24.6 Å². The van der Waals surface area contributed by atoms with Crippen LogP contribution in [0.1, 0.15) is 0 Å². The Kier molecular flexibility index (Phi) is 3.73. The molecule has 0 saturated carbocycles. The maximum Gasteiger partial charge on any atom is 0.243 e. The van der Waals surface area contributed by atoms with Crippen molar-refractivity contribution in [3.63, 3.8) is 0 Å². The number of hydrogen-bond acceptors (Lipinski definition) is 4. The van der Waals surface area contributed by atoms with E-state index in [0.717, 1.165) is 11.5 Å². The molecule has 0 bridgehead atoms. The van der Waals surface area contributed by atoms with E-state index in [1.54, 1.807) is 11.8 Å². The molecule has 4 nitrogen and oxygen atoms in total. The van der Waals surface area contributed by atoms with Crippen LogP contribution in [0.5, 0.6) is 0 Å². The highest BCUT2D eigenvalue weighted by molar-refractivity contribution is 7.99. The lowest BCUT2D eigenvalue weighted by molar-refractivity contribution is 0.443. The predicted molar refractivity (Wildman–Crippen MR) is 65.3 cm³/mol. The first-order chi connectivity index (χ1) is 7.60. The molecule has 0 spiro atoms. The number of pyridine rings is 1. The van der Waals surface area contributed by atoms with Crippen molar-refractivity contribution in [1.29, 1.82) is 0 Å². The fourth-order valence-corrected chi connectivity index (χ4v) is 4.31. The molecule has 2 rings (SSSR count). The van der Waals surface area contributed by atoms with Gasteiger partial charge in [-0.05, 0) is 12.1 Å². The van der Waals surface area contributed by atoms with Crippen LogP contribution in [0.25, 0.3) is 0 Å². The highest BCUT2D eigenvalue weighted by atomic mass is 35.5. The summed E-state index contributed by atoms with van der Waals surface area (Å²) in [6.45, 7) is 1.12. The Hall–Kier alpha value is -0.300. The number of halogens is 1. The minimum atomic E-state index is -3.39. The van der Waals surface area contributed by atoms with Crippen molar-refractivity contribution in [3.8, 4) is 0 Å². The van der Waals surface area contributed by atoms with Crippen molar-refractivity contribution < 1.29 is 8.42 Å². The number of hydrogen-bond donors (Lipinski definition) is 0. The minimum absolute atomic E-state index is 0.201. The van der Waals surface area contributed by atoms with E-state index in [0.29, 0.717) is 13.1 Å². The van der Waals surface area contributed by atoms with Gasteiger partial charge >= 0.3 is 0 Å². The Morgan fingerprint density at radius 1 is 1.38 bits per heavy atom. The second kappa shape index (κ2) is 4.91. The maximum absolute atomic E-state index is 12.2. The molecule has 0 aliphatic carbocycles. The normalized spacial score (nSPS) is 18.6. The monoisotopic (exact) mass is 278 g/mol. The lowest BCUT2D eigenvalue weighted by atomic mass is 10.5. The summed E-state index contributed by atoms with van der Waals surface area (Å²) >= 11 is 7.46. The summed E-state index contributed by atoms with van der Waals surface area (Å²) in [5.41, 5.74) is 0. The van der Waals surface area contributed by atoms with E-state index >= 15 is 0 Å². The van der Waals surface area contributed by atoms with Crippen LogP contribution in [0.15, 0.2) is 23.2 Å². The van der Waals surface area contributed by atoms with Crippen molar-refractivity contribution in [2.24, 2.45) is 0 Å². The van der Waals surface area contributed by atoms with E-state index in [1.165, 1.54) is 22.6 Å². The topological polar surface area (TPSA) is 50.3 Å². The average molecular weight is 279 g/mol. The van der Waals surface area contributed by atoms with E-state index in [9.17, 15) is 8.42 Å². The van der Waals surface area contributed by atoms with Crippen LogP contribution in [0, 0.1) is 0 Å². The smallest absolute Gasteiger partial charge is 0.243 e. The van der Waals surface area contributed by atoms with Crippen molar-refractivity contribution >= 4 is 33.4 Å². The second-order valence-electron chi connectivity index (χ2n) is 3.33. The molecular formula is C9H11ClN2O2S2. The summed E-state index contributed by atoms with van der Waals surface area (Å²) < 4.78 is 25.8. The zero-order valence-electron chi connectivity index (χ0n) is 8.47. The quantitative estimate of drug-likeness (QED) is 0.769. The van der Waals surface area contributed by atoms with E-state index in [-0.39, 0.29) is 10.0 Å². The molecule has 1 aliphatic rings. The fourth-order valence-electron chi connectivity index (χ4n) is 1.48. The largest absolute Gasteiger partial charge is 0.244 e. The van der Waals surface area contributed by atoms with Crippen LogP contribution in [0.3, 0.4) is 0 Å². The molecule has 0 aromatic carbocycles. The third-order valence-electron chi connectivity index (χ3n) is 2.31. The number of aromatic nitrogens is 1. The van der Waals surface area contributed by atoms with Gasteiger partial charge in [0.25, 0.3) is 0 Å². The fraction of sp³-hybridized carbons (Fsp3) is 0.444. The average Bonchev–Trinajstić information content (AvgIpc) is 2.30. The van der Waals surface area contributed by atoms with Gasteiger partial charge in [-0.1, -0.05) is 11.6 Å². The molecule has 88 valence electrons. The Morgan fingerprint density at radius 3 is 2.69 bits per heavy atom. The van der Waals surface area contributed by atoms with Gasteiger partial charge in [-0.25, -0.2) is 13.4 Å². The molecule has 0 amide bonds. The Labute approximate surface area is 104 Å². The predicted octanol–water partition coefficient (Wildman–Crippen LogP) is 1.47. The Morgan fingerprint density at radius 2 is 2.06 bits per heavy atom. The summed E-state index contributed by atoms with van der Waals surface area (Å²) in [5.74, 6) is 1.69. The van der Waals surface area contributed by atoms with E-state index < -0.39 is 10.0 Å². The summed E-state index contributed by atoms with van der Waals surface area (Å²) in [4.78, 5) is 4.00. The molecule has 2 heterocycles. The molecule has 1 aromatic rings. The number of rotatable bonds is 2. The lowest BCUT2D eigenvalue weighted by Crippen LogP contribution is -2.37. The van der Waals surface area contributed by atoms with Gasteiger partial charge in [0, 0.05) is 30.8 Å². The van der Waals surface area contributed by atoms with Gasteiger partial charge in [-0.15, -0.1) is 0 Å². The van der Waals surface area contributed by atoms with E-state index in [4.69, 9.17) is 11.6 Å². The SMILES string of the molecule is O=S(=O)(c1ccnc(Cl)c1)N1CCSCC1. The lowest BCUT2D eigenvalue weighted by Gasteiger charge is -2.25. The van der Waals surface area contributed by atoms with E-state index in [2.05, 4.69) is 4.98 Å². The third-order valence-corrected chi connectivity index (χ3v) is 5.35. The van der Waals surface area contributed by atoms with Crippen LogP contribution in [-0.4, -0.2) is 42.3 Å². The zero-order chi connectivity index (χ0) is 11.6. The van der Waals surface area contributed by atoms with E-state index in [1.807, 2.05) is 0 Å². The van der Waals surface area contributed by atoms with Crippen molar-refractivity contribution in [2.45, 2.75) is 4.90 Å². The molecule has 1 aromatic heterocycles. The van der Waals surface area contributed by atoms with Gasteiger partial charge in [0.15, 0.2) is 0 Å². The summed E-state index contributed by atoms with van der Waals surface area (Å²) in [6.07, 6.45) is 1.41. The van der Waals surface area contributed by atoms with Crippen LogP contribution < -0.4 is 0 Å². The van der Waals surface area contributed by atoms with Crippen LogP contribution in [0.2, 0.25) is 5.15 Å². The number of nitrogens with zero attached hydrogens (tertiary/aromatic N) is 2. The molecule has 0 atom stereocenters. The Bertz CT molecular complexity index is 472. The Balaban J connectivity index is 2.30. The molecule has 0 radical (unpaired) electrons. The van der Waals surface area contributed by atoms with Crippen LogP contribution in [-0.2, 0) is 10.0 Å². The van der Waals surface area contributed by atoms with Gasteiger partial charge < -0.3 is 0 Å². The zero-order valence-corrected chi connectivity index (χ0v) is 10.9. The van der Waals surface area contributed by atoms with Gasteiger partial charge in [-0.2, -0.15) is 16.1 Å². The summed E-state index contributed by atoms with van der Waals surface area (Å²) in [6, 6.07) is 2.86. The van der Waals surface area contributed by atoms with Crippen LogP contribution >= 0.6 is 23.4 Å². The molecule has 7 heteroatoms. The number of thioether (sulfide) groups is 1. The second-order valence-corrected chi connectivity index (χ2v) is 6.88. The van der Waals surface area contributed by atoms with Gasteiger partial charge in [0.1, 0.15) is 5.15 Å². The first-order valence-electron chi connectivity index (χ1n) is 4.80.